The number of carbonyl (C=O) groups excluding carboxylic acids is 3. The van der Waals surface area contributed by atoms with Gasteiger partial charge in [0.15, 0.2) is 0 Å². The molecule has 0 saturated heterocycles. The number of nitrogens with one attached hydrogen (secondary N) is 2. The smallest absolute Gasteiger partial charge is 0.407 e. The van der Waals surface area contributed by atoms with Crippen LogP contribution in [-0.4, -0.2) is 129 Å². The Balaban J connectivity index is 3.21. The Morgan fingerprint density at radius 2 is 0.947 bits per heavy atom. The summed E-state index contributed by atoms with van der Waals surface area (Å²) in [4.78, 5) is 33.8. The fraction of sp³-hybridized carbons (Fsp3) is 0.880. The average Bonchev–Trinajstić information content (AvgIpc) is 2.86. The van der Waals surface area contributed by atoms with E-state index in [1.165, 1.54) is 6.92 Å². The summed E-state index contributed by atoms with van der Waals surface area (Å²) in [6.07, 6.45) is 0.219. The van der Waals surface area contributed by atoms with Crippen molar-refractivity contribution in [3.05, 3.63) is 0 Å². The molecule has 2 amide bonds. The molecule has 0 radical (unpaired) electrons. The van der Waals surface area contributed by atoms with Gasteiger partial charge >= 0.3 is 6.09 Å². The van der Waals surface area contributed by atoms with E-state index >= 15 is 0 Å². The number of alkyl carbamates (subject to hydrolysis) is 1. The molecule has 0 aliphatic heterocycles. The van der Waals surface area contributed by atoms with Gasteiger partial charge in [-0.25, -0.2) is 4.79 Å². The van der Waals surface area contributed by atoms with Crippen molar-refractivity contribution in [1.82, 2.24) is 10.6 Å². The number of rotatable bonds is 28. The van der Waals surface area contributed by atoms with Crippen LogP contribution >= 0.6 is 0 Å². The van der Waals surface area contributed by atoms with Crippen LogP contribution < -0.4 is 10.6 Å². The molecule has 2 N–H and O–H groups in total. The van der Waals surface area contributed by atoms with Crippen molar-refractivity contribution < 1.29 is 52.3 Å². The lowest BCUT2D eigenvalue weighted by Gasteiger charge is -2.09. The highest BCUT2D eigenvalue weighted by Crippen LogP contribution is 1.89. The molecule has 224 valence electrons. The van der Waals surface area contributed by atoms with Crippen LogP contribution in [0.25, 0.3) is 0 Å². The number of hydrogen-bond donors (Lipinski definition) is 2. The van der Waals surface area contributed by atoms with Crippen molar-refractivity contribution in [3.8, 4) is 0 Å². The Kier molecular flexibility index (Phi) is 26.8. The molecule has 0 unspecified atom stereocenters. The summed E-state index contributed by atoms with van der Waals surface area (Å²) in [6.45, 7) is 11.4. The Bertz CT molecular complexity index is 580. The van der Waals surface area contributed by atoms with Crippen LogP contribution in [0, 0.1) is 0 Å². The topological polar surface area (TPSA) is 149 Å². The maximum Gasteiger partial charge on any atom is 0.407 e. The molecule has 0 saturated carbocycles. The van der Waals surface area contributed by atoms with Crippen LogP contribution in [0.2, 0.25) is 0 Å². The first-order valence-electron chi connectivity index (χ1n) is 13.2. The molecule has 0 fully saturated rings. The highest BCUT2D eigenvalue weighted by atomic mass is 16.6. The first-order chi connectivity index (χ1) is 18.4. The Labute approximate surface area is 226 Å². The highest BCUT2D eigenvalue weighted by Gasteiger charge is 2.03. The second-order valence-corrected chi connectivity index (χ2v) is 8.27. The molecular formula is C25H48N2O11. The Morgan fingerprint density at radius 1 is 0.553 bits per heavy atom. The molecule has 0 heterocycles. The molecule has 13 heteroatoms. The Hall–Kier alpha value is -1.87. The van der Waals surface area contributed by atoms with Crippen LogP contribution in [0.1, 0.15) is 33.6 Å². The summed E-state index contributed by atoms with van der Waals surface area (Å²) in [5.74, 6) is 0.0824. The molecule has 0 atom stereocenters. The Morgan fingerprint density at radius 3 is 1.39 bits per heavy atom. The molecule has 38 heavy (non-hydrogen) atoms. The number of ketones is 1. The van der Waals surface area contributed by atoms with Gasteiger partial charge in [0.05, 0.1) is 92.5 Å². The van der Waals surface area contributed by atoms with Gasteiger partial charge in [-0.2, -0.15) is 0 Å². The first kappa shape index (κ1) is 36.1. The number of ether oxygens (including phenoxy) is 8. The van der Waals surface area contributed by atoms with Gasteiger partial charge in [-0.15, -0.1) is 0 Å². The summed E-state index contributed by atoms with van der Waals surface area (Å²) in [5.41, 5.74) is 0. The minimum Gasteiger partial charge on any atom is -0.447 e. The minimum atomic E-state index is -0.536. The minimum absolute atomic E-state index is 0.0273. The van der Waals surface area contributed by atoms with E-state index in [4.69, 9.17) is 37.9 Å². The molecule has 0 aromatic carbocycles. The predicted octanol–water partition coefficient (Wildman–Crippen LogP) is 0.723. The lowest BCUT2D eigenvalue weighted by molar-refractivity contribution is -0.123. The standard InChI is InChI=1S/C25H48N2O11/c1-22(2)27-24(29)5-8-32-11-14-35-18-19-37-20-21-38-25(30)26-6-9-33-12-15-36-17-16-34-13-10-31-7-4-23(3)28/h22H,4-21H2,1-3H3,(H,26,30)(H,27,29). The van der Waals surface area contributed by atoms with Gasteiger partial charge in [-0.1, -0.05) is 0 Å². The molecule has 0 aromatic heterocycles. The van der Waals surface area contributed by atoms with Gasteiger partial charge in [-0.05, 0) is 20.8 Å². The van der Waals surface area contributed by atoms with Gasteiger partial charge in [0, 0.05) is 25.4 Å². The fourth-order valence-electron chi connectivity index (χ4n) is 2.55. The quantitative estimate of drug-likeness (QED) is 0.132. The van der Waals surface area contributed by atoms with Crippen LogP contribution in [0.3, 0.4) is 0 Å². The molecule has 0 aliphatic rings. The third kappa shape index (κ3) is 30.4. The SMILES string of the molecule is CC(=O)CCOCCOCCOCCOCCNC(=O)OCCOCCOCCOCCC(=O)NC(C)C. The van der Waals surface area contributed by atoms with Crippen molar-refractivity contribution in [2.24, 2.45) is 0 Å². The fourth-order valence-corrected chi connectivity index (χ4v) is 2.55. The van der Waals surface area contributed by atoms with Crippen molar-refractivity contribution >= 4 is 17.8 Å². The van der Waals surface area contributed by atoms with E-state index in [0.717, 1.165) is 0 Å². The van der Waals surface area contributed by atoms with Crippen molar-refractivity contribution in [1.29, 1.82) is 0 Å². The number of carbonyl (C=O) groups is 3. The molecule has 13 nitrogen and oxygen atoms in total. The van der Waals surface area contributed by atoms with Crippen LogP contribution in [0.15, 0.2) is 0 Å². The zero-order valence-electron chi connectivity index (χ0n) is 23.3. The van der Waals surface area contributed by atoms with Gasteiger partial charge in [0.1, 0.15) is 12.4 Å². The normalized spacial score (nSPS) is 11.1. The largest absolute Gasteiger partial charge is 0.447 e. The van der Waals surface area contributed by atoms with Crippen LogP contribution in [-0.2, 0) is 47.5 Å². The van der Waals surface area contributed by atoms with E-state index in [0.29, 0.717) is 105 Å². The maximum absolute atomic E-state index is 11.6. The monoisotopic (exact) mass is 552 g/mol. The maximum atomic E-state index is 11.6. The van der Waals surface area contributed by atoms with Gasteiger partial charge < -0.3 is 48.5 Å². The second kappa shape index (κ2) is 28.1. The van der Waals surface area contributed by atoms with E-state index in [-0.39, 0.29) is 30.9 Å². The lowest BCUT2D eigenvalue weighted by Crippen LogP contribution is -2.30. The number of hydrogen-bond acceptors (Lipinski definition) is 11. The van der Waals surface area contributed by atoms with Crippen molar-refractivity contribution in [2.45, 2.75) is 39.7 Å². The molecule has 0 spiro atoms. The third-order valence-electron chi connectivity index (χ3n) is 4.36. The zero-order valence-corrected chi connectivity index (χ0v) is 23.3. The van der Waals surface area contributed by atoms with E-state index in [9.17, 15) is 14.4 Å². The molecule has 0 aromatic rings. The summed E-state index contributed by atoms with van der Waals surface area (Å²) >= 11 is 0. The molecule has 0 rings (SSSR count). The molecule has 0 aliphatic carbocycles. The summed E-state index contributed by atoms with van der Waals surface area (Å²) < 4.78 is 42.3. The molecule has 0 bridgehead atoms. The first-order valence-corrected chi connectivity index (χ1v) is 13.2. The van der Waals surface area contributed by atoms with Crippen LogP contribution in [0.5, 0.6) is 0 Å². The van der Waals surface area contributed by atoms with E-state index in [1.807, 2.05) is 13.8 Å². The van der Waals surface area contributed by atoms with E-state index in [2.05, 4.69) is 10.6 Å². The van der Waals surface area contributed by atoms with Gasteiger partial charge in [-0.3, -0.25) is 9.59 Å². The van der Waals surface area contributed by atoms with Crippen molar-refractivity contribution in [3.63, 3.8) is 0 Å². The van der Waals surface area contributed by atoms with Crippen LogP contribution in [0.4, 0.5) is 4.79 Å². The van der Waals surface area contributed by atoms with Gasteiger partial charge in [0.25, 0.3) is 0 Å². The summed E-state index contributed by atoms with van der Waals surface area (Å²) in [7, 11) is 0. The second-order valence-electron chi connectivity index (χ2n) is 8.27. The molecular weight excluding hydrogens is 504 g/mol. The van der Waals surface area contributed by atoms with Crippen molar-refractivity contribution in [2.75, 3.05) is 106 Å². The predicted molar refractivity (Wildman–Crippen MR) is 138 cm³/mol. The highest BCUT2D eigenvalue weighted by molar-refractivity contribution is 5.76. The van der Waals surface area contributed by atoms with E-state index in [1.54, 1.807) is 0 Å². The van der Waals surface area contributed by atoms with Gasteiger partial charge in [0.2, 0.25) is 5.91 Å². The lowest BCUT2D eigenvalue weighted by atomic mass is 10.3. The zero-order chi connectivity index (χ0) is 28.1. The van der Waals surface area contributed by atoms with E-state index < -0.39 is 6.09 Å². The number of Topliss-reactive ketones (excluding diaryl/α,β-unsaturated/α-hetero) is 1. The number of amides is 2. The summed E-state index contributed by atoms with van der Waals surface area (Å²) in [5, 5.41) is 5.38. The third-order valence-corrected chi connectivity index (χ3v) is 4.36. The average molecular weight is 553 g/mol. The summed E-state index contributed by atoms with van der Waals surface area (Å²) in [6, 6.07) is 0.128.